The molecule has 7 heteroatoms. The van der Waals surface area contributed by atoms with Crippen molar-refractivity contribution >= 4 is 34.2 Å². The van der Waals surface area contributed by atoms with Crippen LogP contribution in [0.15, 0.2) is 42.6 Å². The first-order chi connectivity index (χ1) is 15.7. The fraction of sp³-hybridized carbons (Fsp3) is 0.346. The van der Waals surface area contributed by atoms with Crippen molar-refractivity contribution in [2.24, 2.45) is 7.05 Å². The van der Waals surface area contributed by atoms with Gasteiger partial charge in [-0.2, -0.15) is 10.1 Å². The summed E-state index contributed by atoms with van der Waals surface area (Å²) in [4.78, 5) is 11.7. The number of rotatable bonds is 4. The van der Waals surface area contributed by atoms with Crippen LogP contribution in [0.2, 0.25) is 0 Å². The fourth-order valence-electron chi connectivity index (χ4n) is 4.54. The van der Waals surface area contributed by atoms with E-state index < -0.39 is 0 Å². The molecule has 3 heterocycles. The standard InChI is InChI=1S/C26H31N7/c1-16-8-7-9-17(2)22(16)29-23-21-14-27-25(30-24(21)33(6)31-23)28-20-11-10-18-13-26(3,4)32(5)15-19(18)12-20/h7-12,14H,13,15H2,1-6H3,(H,29,31)(H,27,28,30). The van der Waals surface area contributed by atoms with Crippen LogP contribution in [0.5, 0.6) is 0 Å². The van der Waals surface area contributed by atoms with Crippen molar-refractivity contribution in [2.45, 2.75) is 46.2 Å². The molecule has 0 aliphatic carbocycles. The van der Waals surface area contributed by atoms with E-state index in [2.05, 4.69) is 96.8 Å². The van der Waals surface area contributed by atoms with E-state index in [1.807, 2.05) is 13.2 Å². The Morgan fingerprint density at radius 2 is 1.73 bits per heavy atom. The Balaban J connectivity index is 1.42. The molecule has 0 spiro atoms. The zero-order valence-electron chi connectivity index (χ0n) is 20.2. The first-order valence-corrected chi connectivity index (χ1v) is 11.3. The Labute approximate surface area is 194 Å². The van der Waals surface area contributed by atoms with Gasteiger partial charge in [0, 0.05) is 36.7 Å². The first-order valence-electron chi connectivity index (χ1n) is 11.3. The second kappa shape index (κ2) is 7.85. The second-order valence-electron chi connectivity index (χ2n) is 9.75. The van der Waals surface area contributed by atoms with Gasteiger partial charge in [-0.1, -0.05) is 24.3 Å². The number of aryl methyl sites for hydroxylation is 3. The number of para-hydroxylation sites is 1. The van der Waals surface area contributed by atoms with E-state index in [1.165, 1.54) is 22.3 Å². The highest BCUT2D eigenvalue weighted by Gasteiger charge is 2.30. The van der Waals surface area contributed by atoms with Crippen LogP contribution in [-0.4, -0.2) is 37.2 Å². The van der Waals surface area contributed by atoms with E-state index in [4.69, 9.17) is 4.98 Å². The van der Waals surface area contributed by atoms with Gasteiger partial charge in [0.15, 0.2) is 11.5 Å². The minimum Gasteiger partial charge on any atom is -0.338 e. The van der Waals surface area contributed by atoms with Crippen molar-refractivity contribution in [3.05, 3.63) is 64.8 Å². The molecule has 0 saturated heterocycles. The molecule has 4 aromatic rings. The number of fused-ring (bicyclic) bond motifs is 2. The minimum absolute atomic E-state index is 0.179. The van der Waals surface area contributed by atoms with Gasteiger partial charge in [0.25, 0.3) is 0 Å². The molecule has 1 aliphatic rings. The van der Waals surface area contributed by atoms with Crippen LogP contribution in [0.3, 0.4) is 0 Å². The molecule has 0 amide bonds. The molecular weight excluding hydrogens is 410 g/mol. The van der Waals surface area contributed by atoms with Gasteiger partial charge < -0.3 is 10.6 Å². The van der Waals surface area contributed by atoms with E-state index in [9.17, 15) is 0 Å². The Kier molecular flexibility index (Phi) is 5.09. The maximum atomic E-state index is 4.76. The van der Waals surface area contributed by atoms with Crippen LogP contribution in [0.4, 0.5) is 23.1 Å². The second-order valence-corrected chi connectivity index (χ2v) is 9.75. The zero-order valence-corrected chi connectivity index (χ0v) is 20.2. The summed E-state index contributed by atoms with van der Waals surface area (Å²) in [6, 6.07) is 12.8. The van der Waals surface area contributed by atoms with E-state index in [0.717, 1.165) is 41.2 Å². The molecule has 5 rings (SSSR count). The van der Waals surface area contributed by atoms with Gasteiger partial charge >= 0.3 is 0 Å². The molecule has 2 aromatic carbocycles. The summed E-state index contributed by atoms with van der Waals surface area (Å²) in [7, 11) is 4.10. The lowest BCUT2D eigenvalue weighted by molar-refractivity contribution is 0.133. The SMILES string of the molecule is Cc1cccc(C)c1Nc1nn(C)c2nc(Nc3ccc4c(c3)CN(C)C(C)(C)C4)ncc12. The summed E-state index contributed by atoms with van der Waals surface area (Å²) in [5, 5.41) is 12.4. The lowest BCUT2D eigenvalue weighted by Gasteiger charge is -2.41. The average molecular weight is 442 g/mol. The summed E-state index contributed by atoms with van der Waals surface area (Å²) in [5.74, 6) is 1.32. The van der Waals surface area contributed by atoms with Crippen molar-refractivity contribution in [3.8, 4) is 0 Å². The van der Waals surface area contributed by atoms with Crippen LogP contribution >= 0.6 is 0 Å². The number of benzene rings is 2. The number of nitrogens with one attached hydrogen (secondary N) is 2. The normalized spacial score (nSPS) is 15.5. The van der Waals surface area contributed by atoms with Gasteiger partial charge in [-0.25, -0.2) is 9.67 Å². The van der Waals surface area contributed by atoms with E-state index in [0.29, 0.717) is 5.95 Å². The van der Waals surface area contributed by atoms with E-state index in [1.54, 1.807) is 4.68 Å². The summed E-state index contributed by atoms with van der Waals surface area (Å²) in [6.45, 7) is 9.71. The van der Waals surface area contributed by atoms with Gasteiger partial charge in [-0.05, 0) is 75.5 Å². The van der Waals surface area contributed by atoms with Crippen molar-refractivity contribution in [1.82, 2.24) is 24.6 Å². The van der Waals surface area contributed by atoms with Crippen molar-refractivity contribution < 1.29 is 0 Å². The van der Waals surface area contributed by atoms with Gasteiger partial charge in [0.1, 0.15) is 0 Å². The highest BCUT2D eigenvalue weighted by atomic mass is 15.3. The molecule has 0 saturated carbocycles. The highest BCUT2D eigenvalue weighted by Crippen LogP contribution is 2.32. The quantitative estimate of drug-likeness (QED) is 0.452. The topological polar surface area (TPSA) is 70.9 Å². The molecule has 0 unspecified atom stereocenters. The van der Waals surface area contributed by atoms with Crippen LogP contribution in [-0.2, 0) is 20.0 Å². The molecule has 1 aliphatic heterocycles. The van der Waals surface area contributed by atoms with Crippen LogP contribution in [0, 0.1) is 13.8 Å². The number of aromatic nitrogens is 4. The van der Waals surface area contributed by atoms with Gasteiger partial charge in [-0.3, -0.25) is 4.90 Å². The lowest BCUT2D eigenvalue weighted by Crippen LogP contribution is -2.45. The monoisotopic (exact) mass is 441 g/mol. The Morgan fingerprint density at radius 3 is 2.48 bits per heavy atom. The van der Waals surface area contributed by atoms with Gasteiger partial charge in [0.2, 0.25) is 5.95 Å². The lowest BCUT2D eigenvalue weighted by atomic mass is 9.86. The smallest absolute Gasteiger partial charge is 0.229 e. The Morgan fingerprint density at radius 1 is 0.970 bits per heavy atom. The van der Waals surface area contributed by atoms with E-state index >= 15 is 0 Å². The zero-order chi connectivity index (χ0) is 23.3. The molecule has 7 nitrogen and oxygen atoms in total. The van der Waals surface area contributed by atoms with Crippen molar-refractivity contribution in [2.75, 3.05) is 17.7 Å². The average Bonchev–Trinajstić information content (AvgIpc) is 3.07. The summed E-state index contributed by atoms with van der Waals surface area (Å²) in [6.07, 6.45) is 2.88. The third kappa shape index (κ3) is 3.93. The number of nitrogens with zero attached hydrogens (tertiary/aromatic N) is 5. The molecule has 33 heavy (non-hydrogen) atoms. The molecular formula is C26H31N7. The Hall–Kier alpha value is -3.45. The Bertz CT molecular complexity index is 1330. The molecule has 0 fully saturated rings. The molecule has 2 N–H and O–H groups in total. The maximum Gasteiger partial charge on any atom is 0.229 e. The maximum absolute atomic E-state index is 4.76. The number of hydrogen-bond donors (Lipinski definition) is 2. The highest BCUT2D eigenvalue weighted by molar-refractivity contribution is 5.90. The van der Waals surface area contributed by atoms with Crippen molar-refractivity contribution in [3.63, 3.8) is 0 Å². The fourth-order valence-corrected chi connectivity index (χ4v) is 4.54. The molecule has 170 valence electrons. The predicted octanol–water partition coefficient (Wildman–Crippen LogP) is 5.23. The van der Waals surface area contributed by atoms with Crippen molar-refractivity contribution in [1.29, 1.82) is 0 Å². The predicted molar refractivity (Wildman–Crippen MR) is 134 cm³/mol. The van der Waals surface area contributed by atoms with Gasteiger partial charge in [-0.15, -0.1) is 0 Å². The third-order valence-corrected chi connectivity index (χ3v) is 6.83. The number of anilines is 4. The van der Waals surface area contributed by atoms with Crippen LogP contribution < -0.4 is 10.6 Å². The molecule has 0 bridgehead atoms. The molecule has 0 radical (unpaired) electrons. The largest absolute Gasteiger partial charge is 0.338 e. The summed E-state index contributed by atoms with van der Waals surface area (Å²) in [5.41, 5.74) is 8.14. The number of likely N-dealkylation sites (N-methyl/N-ethyl adjacent to an activating group) is 1. The molecule has 0 atom stereocenters. The molecule has 2 aromatic heterocycles. The summed E-state index contributed by atoms with van der Waals surface area (Å²) >= 11 is 0. The first kappa shape index (κ1) is 21.4. The minimum atomic E-state index is 0.179. The van der Waals surface area contributed by atoms with E-state index in [-0.39, 0.29) is 5.54 Å². The van der Waals surface area contributed by atoms with Crippen LogP contribution in [0.1, 0.15) is 36.1 Å². The summed E-state index contributed by atoms with van der Waals surface area (Å²) < 4.78 is 1.79. The third-order valence-electron chi connectivity index (χ3n) is 6.83. The van der Waals surface area contributed by atoms with Crippen LogP contribution in [0.25, 0.3) is 11.0 Å². The number of hydrogen-bond acceptors (Lipinski definition) is 6. The van der Waals surface area contributed by atoms with Gasteiger partial charge in [0.05, 0.1) is 5.39 Å².